The average molecular weight is 382 g/mol. The Bertz CT molecular complexity index is 803. The van der Waals surface area contributed by atoms with Crippen LogP contribution in [0.1, 0.15) is 47.6 Å². The average Bonchev–Trinajstić information content (AvgIpc) is 2.63. The van der Waals surface area contributed by atoms with Crippen LogP contribution in [0.5, 0.6) is 0 Å². The number of hydrogen-bond donors (Lipinski definition) is 3. The molecular formula is C23H31N3O2. The van der Waals surface area contributed by atoms with Crippen molar-refractivity contribution in [1.82, 2.24) is 10.6 Å². The number of urea groups is 1. The quantitative estimate of drug-likeness (QED) is 0.672. The molecule has 0 heterocycles. The lowest BCUT2D eigenvalue weighted by molar-refractivity contribution is -0.115. The summed E-state index contributed by atoms with van der Waals surface area (Å²) < 4.78 is 0. The lowest BCUT2D eigenvalue weighted by atomic mass is 10.0. The highest BCUT2D eigenvalue weighted by Crippen LogP contribution is 2.21. The van der Waals surface area contributed by atoms with Crippen molar-refractivity contribution in [3.05, 3.63) is 64.2 Å². The smallest absolute Gasteiger partial charge is 0.315 e. The summed E-state index contributed by atoms with van der Waals surface area (Å²) in [6, 6.07) is 12.1. The highest BCUT2D eigenvalue weighted by Gasteiger charge is 2.09. The van der Waals surface area contributed by atoms with Gasteiger partial charge in [0.1, 0.15) is 0 Å². The lowest BCUT2D eigenvalue weighted by Gasteiger charge is -2.13. The number of benzene rings is 2. The lowest BCUT2D eigenvalue weighted by Crippen LogP contribution is -2.40. The third-order valence-corrected chi connectivity index (χ3v) is 4.70. The molecule has 2 aromatic rings. The van der Waals surface area contributed by atoms with E-state index in [0.29, 0.717) is 12.5 Å². The van der Waals surface area contributed by atoms with Gasteiger partial charge < -0.3 is 16.0 Å². The van der Waals surface area contributed by atoms with Gasteiger partial charge in [0.15, 0.2) is 0 Å². The van der Waals surface area contributed by atoms with E-state index in [0.717, 1.165) is 28.8 Å². The number of amides is 3. The topological polar surface area (TPSA) is 70.2 Å². The summed E-state index contributed by atoms with van der Waals surface area (Å²) in [5.41, 5.74) is 6.47. The van der Waals surface area contributed by atoms with Crippen LogP contribution in [0.2, 0.25) is 0 Å². The van der Waals surface area contributed by atoms with Gasteiger partial charge in [-0.3, -0.25) is 4.79 Å². The largest absolute Gasteiger partial charge is 0.338 e. The Hall–Kier alpha value is -2.82. The van der Waals surface area contributed by atoms with Crippen molar-refractivity contribution in [1.29, 1.82) is 0 Å². The number of nitrogens with one attached hydrogen (secondary N) is 3. The highest BCUT2D eigenvalue weighted by atomic mass is 16.2. The monoisotopic (exact) mass is 381 g/mol. The van der Waals surface area contributed by atoms with Gasteiger partial charge in [0, 0.05) is 12.2 Å². The Balaban J connectivity index is 1.73. The number of anilines is 1. The van der Waals surface area contributed by atoms with Crippen molar-refractivity contribution >= 4 is 17.6 Å². The van der Waals surface area contributed by atoms with Crippen molar-refractivity contribution in [2.24, 2.45) is 0 Å². The van der Waals surface area contributed by atoms with E-state index in [4.69, 9.17) is 0 Å². The van der Waals surface area contributed by atoms with Gasteiger partial charge in [0.25, 0.3) is 0 Å². The molecule has 0 radical (unpaired) electrons. The van der Waals surface area contributed by atoms with Crippen LogP contribution in [0.4, 0.5) is 10.5 Å². The third-order valence-electron chi connectivity index (χ3n) is 4.70. The Labute approximate surface area is 167 Å². The van der Waals surface area contributed by atoms with Gasteiger partial charge in [-0.25, -0.2) is 4.79 Å². The Morgan fingerprint density at radius 3 is 2.11 bits per heavy atom. The number of aryl methyl sites for hydroxylation is 3. The van der Waals surface area contributed by atoms with Gasteiger partial charge in [-0.15, -0.1) is 0 Å². The van der Waals surface area contributed by atoms with E-state index in [-0.39, 0.29) is 18.5 Å². The maximum Gasteiger partial charge on any atom is 0.315 e. The van der Waals surface area contributed by atoms with Crippen LogP contribution in [-0.2, 0) is 11.2 Å². The van der Waals surface area contributed by atoms with E-state index >= 15 is 0 Å². The Kier molecular flexibility index (Phi) is 7.61. The fourth-order valence-electron chi connectivity index (χ4n) is 3.17. The number of carbonyl (C=O) groups is 2. The van der Waals surface area contributed by atoms with Crippen molar-refractivity contribution in [2.45, 2.75) is 47.0 Å². The molecule has 0 saturated heterocycles. The third kappa shape index (κ3) is 6.41. The van der Waals surface area contributed by atoms with Gasteiger partial charge in [-0.05, 0) is 55.4 Å². The minimum atomic E-state index is -0.341. The summed E-state index contributed by atoms with van der Waals surface area (Å²) >= 11 is 0. The second-order valence-electron chi connectivity index (χ2n) is 7.58. The molecule has 0 aliphatic rings. The van der Waals surface area contributed by atoms with E-state index in [1.807, 2.05) is 32.9 Å². The molecule has 0 bridgehead atoms. The minimum Gasteiger partial charge on any atom is -0.338 e. The molecule has 5 heteroatoms. The summed E-state index contributed by atoms with van der Waals surface area (Å²) in [5.74, 6) is 0.270. The fraction of sp³-hybridized carbons (Fsp3) is 0.391. The molecular weight excluding hydrogens is 350 g/mol. The summed E-state index contributed by atoms with van der Waals surface area (Å²) in [4.78, 5) is 24.0. The normalized spacial score (nSPS) is 10.6. The molecule has 0 unspecified atom stereocenters. The van der Waals surface area contributed by atoms with Crippen molar-refractivity contribution in [3.63, 3.8) is 0 Å². The van der Waals surface area contributed by atoms with E-state index in [2.05, 4.69) is 54.1 Å². The van der Waals surface area contributed by atoms with Gasteiger partial charge in [-0.2, -0.15) is 0 Å². The zero-order valence-corrected chi connectivity index (χ0v) is 17.5. The first-order valence-corrected chi connectivity index (χ1v) is 9.74. The first-order valence-electron chi connectivity index (χ1n) is 9.74. The SMILES string of the molecule is Cc1cc(C)c(NC(=O)CNC(=O)NCCc2ccc(C(C)C)cc2)c(C)c1. The first-order chi connectivity index (χ1) is 13.3. The molecule has 28 heavy (non-hydrogen) atoms. The van der Waals surface area contributed by atoms with Crippen LogP contribution in [0.3, 0.4) is 0 Å². The number of rotatable bonds is 7. The van der Waals surface area contributed by atoms with Crippen molar-refractivity contribution in [3.8, 4) is 0 Å². The molecule has 3 N–H and O–H groups in total. The van der Waals surface area contributed by atoms with Crippen LogP contribution in [-0.4, -0.2) is 25.0 Å². The van der Waals surface area contributed by atoms with E-state index < -0.39 is 0 Å². The zero-order valence-electron chi connectivity index (χ0n) is 17.5. The van der Waals surface area contributed by atoms with Crippen molar-refractivity contribution < 1.29 is 9.59 Å². The first kappa shape index (κ1) is 21.5. The molecule has 0 atom stereocenters. The molecule has 150 valence electrons. The molecule has 0 saturated carbocycles. The molecule has 5 nitrogen and oxygen atoms in total. The van der Waals surface area contributed by atoms with Gasteiger partial charge >= 0.3 is 6.03 Å². The maximum absolute atomic E-state index is 12.1. The van der Waals surface area contributed by atoms with Crippen LogP contribution in [0, 0.1) is 20.8 Å². The number of carbonyl (C=O) groups excluding carboxylic acids is 2. The van der Waals surface area contributed by atoms with Crippen LogP contribution in [0.25, 0.3) is 0 Å². The van der Waals surface area contributed by atoms with E-state index in [1.165, 1.54) is 11.1 Å². The zero-order chi connectivity index (χ0) is 20.7. The van der Waals surface area contributed by atoms with Crippen LogP contribution in [0.15, 0.2) is 36.4 Å². The highest BCUT2D eigenvalue weighted by molar-refractivity contribution is 5.95. The molecule has 0 aliphatic carbocycles. The predicted octanol–water partition coefficient (Wildman–Crippen LogP) is 4.22. The molecule has 2 aromatic carbocycles. The second kappa shape index (κ2) is 9.93. The summed E-state index contributed by atoms with van der Waals surface area (Å²) in [5, 5.41) is 8.27. The fourth-order valence-corrected chi connectivity index (χ4v) is 3.17. The minimum absolute atomic E-state index is 0.0678. The van der Waals surface area contributed by atoms with Gasteiger partial charge in [-0.1, -0.05) is 55.8 Å². The molecule has 0 aromatic heterocycles. The predicted molar refractivity (Wildman–Crippen MR) is 115 cm³/mol. The maximum atomic E-state index is 12.1. The summed E-state index contributed by atoms with van der Waals surface area (Å²) in [7, 11) is 0. The second-order valence-corrected chi connectivity index (χ2v) is 7.58. The Morgan fingerprint density at radius 1 is 0.929 bits per heavy atom. The molecule has 0 fully saturated rings. The summed E-state index contributed by atoms with van der Waals surface area (Å²) in [6.07, 6.45) is 0.750. The standard InChI is InChI=1S/C23H31N3O2/c1-15(2)20-8-6-19(7-9-20)10-11-24-23(28)25-14-21(27)26-22-17(4)12-16(3)13-18(22)5/h6-9,12-13,15H,10-11,14H2,1-5H3,(H,26,27)(H2,24,25,28). The van der Waals surface area contributed by atoms with Crippen LogP contribution >= 0.6 is 0 Å². The molecule has 0 spiro atoms. The van der Waals surface area contributed by atoms with E-state index in [9.17, 15) is 9.59 Å². The summed E-state index contributed by atoms with van der Waals surface area (Å²) in [6.45, 7) is 10.7. The molecule has 2 rings (SSSR count). The molecule has 0 aliphatic heterocycles. The van der Waals surface area contributed by atoms with E-state index in [1.54, 1.807) is 0 Å². The van der Waals surface area contributed by atoms with Gasteiger partial charge in [0.05, 0.1) is 6.54 Å². The molecule has 3 amide bonds. The van der Waals surface area contributed by atoms with Crippen molar-refractivity contribution in [2.75, 3.05) is 18.4 Å². The Morgan fingerprint density at radius 2 is 1.54 bits per heavy atom. The number of hydrogen-bond acceptors (Lipinski definition) is 2. The van der Waals surface area contributed by atoms with Gasteiger partial charge in [0.2, 0.25) is 5.91 Å². The van der Waals surface area contributed by atoms with Crippen LogP contribution < -0.4 is 16.0 Å².